The molecule has 1 aliphatic rings. The number of rotatable bonds is 8. The third-order valence-electron chi connectivity index (χ3n) is 5.63. The lowest BCUT2D eigenvalue weighted by Gasteiger charge is -2.35. The van der Waals surface area contributed by atoms with E-state index in [0.29, 0.717) is 18.8 Å². The summed E-state index contributed by atoms with van der Waals surface area (Å²) in [5.41, 5.74) is 2.21. The molecule has 0 saturated carbocycles. The van der Waals surface area contributed by atoms with Gasteiger partial charge in [-0.05, 0) is 50.1 Å². The SMILES string of the molecule is COc1ccc(-c2nnc(SCC(=O)N3CC(C)OC(C)C3)n2CCc2ccccc2)cc1. The first-order valence-electron chi connectivity index (χ1n) is 11.2. The maximum atomic E-state index is 12.9. The average molecular weight is 467 g/mol. The number of carbonyl (C=O) groups is 1. The fraction of sp³-hybridized carbons (Fsp3) is 0.400. The van der Waals surface area contributed by atoms with Gasteiger partial charge in [-0.2, -0.15) is 0 Å². The molecule has 1 aliphatic heterocycles. The molecule has 8 heteroatoms. The summed E-state index contributed by atoms with van der Waals surface area (Å²) in [5.74, 6) is 2.01. The molecule has 3 aromatic rings. The molecular formula is C25H30N4O3S. The van der Waals surface area contributed by atoms with Crippen molar-refractivity contribution in [2.75, 3.05) is 26.0 Å². The Morgan fingerprint density at radius 2 is 1.76 bits per heavy atom. The first-order valence-corrected chi connectivity index (χ1v) is 12.2. The van der Waals surface area contributed by atoms with E-state index < -0.39 is 0 Å². The molecule has 2 atom stereocenters. The summed E-state index contributed by atoms with van der Waals surface area (Å²) in [7, 11) is 1.65. The van der Waals surface area contributed by atoms with E-state index in [1.165, 1.54) is 17.3 Å². The smallest absolute Gasteiger partial charge is 0.233 e. The lowest BCUT2D eigenvalue weighted by atomic mass is 10.1. The monoisotopic (exact) mass is 466 g/mol. The maximum Gasteiger partial charge on any atom is 0.233 e. The van der Waals surface area contributed by atoms with Crippen molar-refractivity contribution in [2.45, 2.75) is 44.2 Å². The van der Waals surface area contributed by atoms with Gasteiger partial charge in [0.2, 0.25) is 5.91 Å². The Labute approximate surface area is 199 Å². The fourth-order valence-electron chi connectivity index (χ4n) is 4.04. The second-order valence-corrected chi connectivity index (χ2v) is 9.21. The third kappa shape index (κ3) is 5.94. The second-order valence-electron chi connectivity index (χ2n) is 8.27. The van der Waals surface area contributed by atoms with Gasteiger partial charge in [0.15, 0.2) is 11.0 Å². The molecule has 1 aromatic heterocycles. The largest absolute Gasteiger partial charge is 0.497 e. The minimum absolute atomic E-state index is 0.0545. The van der Waals surface area contributed by atoms with E-state index in [1.807, 2.05) is 61.2 Å². The number of ether oxygens (including phenoxy) is 2. The van der Waals surface area contributed by atoms with Gasteiger partial charge in [-0.3, -0.25) is 4.79 Å². The highest BCUT2D eigenvalue weighted by Crippen LogP contribution is 2.26. The molecule has 0 spiro atoms. The van der Waals surface area contributed by atoms with Crippen molar-refractivity contribution in [2.24, 2.45) is 0 Å². The van der Waals surface area contributed by atoms with Crippen LogP contribution in [0.15, 0.2) is 59.8 Å². The molecule has 2 aromatic carbocycles. The molecule has 2 unspecified atom stereocenters. The summed E-state index contributed by atoms with van der Waals surface area (Å²) < 4.78 is 13.1. The van der Waals surface area contributed by atoms with Crippen LogP contribution in [0.3, 0.4) is 0 Å². The summed E-state index contributed by atoms with van der Waals surface area (Å²) in [6.45, 7) is 5.98. The lowest BCUT2D eigenvalue weighted by molar-refractivity contribution is -0.140. The predicted molar refractivity (Wildman–Crippen MR) is 129 cm³/mol. The lowest BCUT2D eigenvalue weighted by Crippen LogP contribution is -2.48. The molecule has 2 heterocycles. The molecule has 0 bridgehead atoms. The zero-order valence-electron chi connectivity index (χ0n) is 19.3. The van der Waals surface area contributed by atoms with Gasteiger partial charge in [-0.25, -0.2) is 0 Å². The maximum absolute atomic E-state index is 12.9. The highest BCUT2D eigenvalue weighted by molar-refractivity contribution is 7.99. The van der Waals surface area contributed by atoms with Crippen LogP contribution in [0, 0.1) is 0 Å². The molecule has 7 nitrogen and oxygen atoms in total. The number of nitrogens with zero attached hydrogens (tertiary/aromatic N) is 4. The molecule has 1 amide bonds. The molecular weight excluding hydrogens is 436 g/mol. The van der Waals surface area contributed by atoms with Crippen molar-refractivity contribution in [3.8, 4) is 17.1 Å². The number of morpholine rings is 1. The Hall–Kier alpha value is -2.84. The Morgan fingerprint density at radius 3 is 2.42 bits per heavy atom. The van der Waals surface area contributed by atoms with Gasteiger partial charge in [0, 0.05) is 25.2 Å². The Kier molecular flexibility index (Phi) is 7.67. The Morgan fingerprint density at radius 1 is 1.06 bits per heavy atom. The summed E-state index contributed by atoms with van der Waals surface area (Å²) in [5, 5.41) is 9.67. The second kappa shape index (κ2) is 10.9. The van der Waals surface area contributed by atoms with Gasteiger partial charge in [-0.1, -0.05) is 42.1 Å². The van der Waals surface area contributed by atoms with E-state index in [2.05, 4.69) is 26.9 Å². The fourth-order valence-corrected chi connectivity index (χ4v) is 4.90. The van der Waals surface area contributed by atoms with Crippen LogP contribution < -0.4 is 4.74 Å². The summed E-state index contributed by atoms with van der Waals surface area (Å²) in [6, 6.07) is 18.2. The molecule has 0 aliphatic carbocycles. The van der Waals surface area contributed by atoms with Gasteiger partial charge in [0.25, 0.3) is 0 Å². The van der Waals surface area contributed by atoms with Crippen molar-refractivity contribution < 1.29 is 14.3 Å². The highest BCUT2D eigenvalue weighted by atomic mass is 32.2. The van der Waals surface area contributed by atoms with Gasteiger partial charge in [0.05, 0.1) is 25.1 Å². The Balaban J connectivity index is 1.52. The van der Waals surface area contributed by atoms with E-state index >= 15 is 0 Å². The van der Waals surface area contributed by atoms with E-state index in [0.717, 1.165) is 35.3 Å². The minimum atomic E-state index is 0.0545. The van der Waals surface area contributed by atoms with Crippen LogP contribution in [-0.4, -0.2) is 63.7 Å². The van der Waals surface area contributed by atoms with Crippen LogP contribution in [0.5, 0.6) is 5.75 Å². The molecule has 1 fully saturated rings. The number of thioether (sulfide) groups is 1. The van der Waals surface area contributed by atoms with Crippen LogP contribution in [0.2, 0.25) is 0 Å². The molecule has 1 saturated heterocycles. The average Bonchev–Trinajstić information content (AvgIpc) is 3.24. The van der Waals surface area contributed by atoms with Crippen molar-refractivity contribution in [3.63, 3.8) is 0 Å². The quantitative estimate of drug-likeness (QED) is 0.469. The number of aromatic nitrogens is 3. The van der Waals surface area contributed by atoms with Crippen molar-refractivity contribution in [1.82, 2.24) is 19.7 Å². The molecule has 0 N–H and O–H groups in total. The number of hydrogen-bond acceptors (Lipinski definition) is 6. The van der Waals surface area contributed by atoms with Crippen LogP contribution in [0.1, 0.15) is 19.4 Å². The summed E-state index contributed by atoms with van der Waals surface area (Å²) >= 11 is 1.44. The van der Waals surface area contributed by atoms with E-state index in [4.69, 9.17) is 9.47 Å². The van der Waals surface area contributed by atoms with Crippen molar-refractivity contribution in [1.29, 1.82) is 0 Å². The van der Waals surface area contributed by atoms with Crippen LogP contribution >= 0.6 is 11.8 Å². The number of methoxy groups -OCH3 is 1. The van der Waals surface area contributed by atoms with Gasteiger partial charge in [-0.15, -0.1) is 10.2 Å². The summed E-state index contributed by atoms with van der Waals surface area (Å²) in [4.78, 5) is 14.8. The normalized spacial score (nSPS) is 18.3. The van der Waals surface area contributed by atoms with Crippen molar-refractivity contribution >= 4 is 17.7 Å². The zero-order chi connectivity index (χ0) is 23.2. The topological polar surface area (TPSA) is 69.5 Å². The minimum Gasteiger partial charge on any atom is -0.497 e. The van der Waals surface area contributed by atoms with Crippen LogP contribution in [-0.2, 0) is 22.5 Å². The number of amides is 1. The number of hydrogen-bond donors (Lipinski definition) is 0. The molecule has 0 radical (unpaired) electrons. The molecule has 174 valence electrons. The first kappa shape index (κ1) is 23.3. The molecule has 33 heavy (non-hydrogen) atoms. The number of aryl methyl sites for hydroxylation is 1. The van der Waals surface area contributed by atoms with Crippen LogP contribution in [0.4, 0.5) is 0 Å². The zero-order valence-corrected chi connectivity index (χ0v) is 20.1. The third-order valence-corrected chi connectivity index (χ3v) is 6.58. The van der Waals surface area contributed by atoms with Crippen LogP contribution in [0.25, 0.3) is 11.4 Å². The van der Waals surface area contributed by atoms with E-state index in [9.17, 15) is 4.79 Å². The van der Waals surface area contributed by atoms with Gasteiger partial charge < -0.3 is 18.9 Å². The number of benzene rings is 2. The standard InChI is InChI=1S/C25H30N4O3S/c1-18-15-28(16-19(2)32-18)23(30)17-33-25-27-26-24(21-9-11-22(31-3)12-10-21)29(25)14-13-20-7-5-4-6-8-20/h4-12,18-19H,13-17H2,1-3H3. The van der Waals surface area contributed by atoms with Gasteiger partial charge >= 0.3 is 0 Å². The van der Waals surface area contributed by atoms with Gasteiger partial charge in [0.1, 0.15) is 5.75 Å². The van der Waals surface area contributed by atoms with Crippen molar-refractivity contribution in [3.05, 3.63) is 60.2 Å². The first-order chi connectivity index (χ1) is 16.0. The Bertz CT molecular complexity index is 1050. The summed E-state index contributed by atoms with van der Waals surface area (Å²) in [6.07, 6.45) is 0.958. The molecule has 4 rings (SSSR count). The van der Waals surface area contributed by atoms with E-state index in [-0.39, 0.29) is 18.1 Å². The number of carbonyl (C=O) groups excluding carboxylic acids is 1. The highest BCUT2D eigenvalue weighted by Gasteiger charge is 2.26. The van der Waals surface area contributed by atoms with E-state index in [1.54, 1.807) is 7.11 Å². The predicted octanol–water partition coefficient (Wildman–Crippen LogP) is 3.92.